The molecular formula is C11H19FN2O2. The zero-order valence-electron chi connectivity index (χ0n) is 9.58. The Balaban J connectivity index is 2.01. The van der Waals surface area contributed by atoms with Gasteiger partial charge in [0.2, 0.25) is 0 Å². The molecule has 1 heterocycles. The Morgan fingerprint density at radius 1 is 1.44 bits per heavy atom. The lowest BCUT2D eigenvalue weighted by molar-refractivity contribution is -0.149. The van der Waals surface area contributed by atoms with E-state index in [1.807, 2.05) is 0 Å². The summed E-state index contributed by atoms with van der Waals surface area (Å²) in [5, 5.41) is 13.0. The minimum atomic E-state index is -1.22. The highest BCUT2D eigenvalue weighted by atomic mass is 19.1. The second-order valence-corrected chi connectivity index (χ2v) is 4.86. The van der Waals surface area contributed by atoms with Crippen molar-refractivity contribution in [3.63, 3.8) is 0 Å². The zero-order chi connectivity index (χ0) is 11.8. The molecule has 2 fully saturated rings. The van der Waals surface area contributed by atoms with Gasteiger partial charge in [-0.3, -0.25) is 4.79 Å². The lowest BCUT2D eigenvalue weighted by atomic mass is 10.0. The predicted molar refractivity (Wildman–Crippen MR) is 57.7 cm³/mol. The molecule has 1 amide bonds. The second-order valence-electron chi connectivity index (χ2n) is 4.86. The molecule has 0 radical (unpaired) electrons. The van der Waals surface area contributed by atoms with E-state index < -0.39 is 11.8 Å². The Labute approximate surface area is 94.8 Å². The Morgan fingerprint density at radius 3 is 2.56 bits per heavy atom. The van der Waals surface area contributed by atoms with Gasteiger partial charge in [0.15, 0.2) is 0 Å². The summed E-state index contributed by atoms with van der Waals surface area (Å²) < 4.78 is 13.5. The van der Waals surface area contributed by atoms with Crippen LogP contribution in [0.2, 0.25) is 0 Å². The van der Waals surface area contributed by atoms with Crippen molar-refractivity contribution in [3.8, 4) is 0 Å². The van der Waals surface area contributed by atoms with Crippen LogP contribution in [0.15, 0.2) is 0 Å². The first-order valence-electron chi connectivity index (χ1n) is 5.90. The molecule has 0 bridgehead atoms. The number of alkyl halides is 1. The molecule has 2 aliphatic rings. The highest BCUT2D eigenvalue weighted by Crippen LogP contribution is 2.32. The first-order chi connectivity index (χ1) is 7.57. The Morgan fingerprint density at radius 2 is 2.06 bits per heavy atom. The predicted octanol–water partition coefficient (Wildman–Crippen LogP) is 0.0598. The van der Waals surface area contributed by atoms with Crippen LogP contribution in [-0.2, 0) is 4.79 Å². The van der Waals surface area contributed by atoms with Gasteiger partial charge in [-0.1, -0.05) is 0 Å². The first-order valence-corrected chi connectivity index (χ1v) is 5.90. The first kappa shape index (κ1) is 11.8. The minimum absolute atomic E-state index is 0.104. The van der Waals surface area contributed by atoms with Crippen LogP contribution < -0.4 is 5.32 Å². The quantitative estimate of drug-likeness (QED) is 0.705. The number of hydrogen-bond acceptors (Lipinski definition) is 3. The number of likely N-dealkylation sites (N-methyl/N-ethyl adjacent to an activating group) is 1. The molecule has 1 aliphatic carbocycles. The van der Waals surface area contributed by atoms with Crippen LogP contribution in [0.5, 0.6) is 0 Å². The molecule has 0 aromatic carbocycles. The molecule has 0 aromatic rings. The number of aliphatic hydroxyl groups is 1. The van der Waals surface area contributed by atoms with Crippen LogP contribution in [0.4, 0.5) is 4.39 Å². The summed E-state index contributed by atoms with van der Waals surface area (Å²) >= 11 is 0. The van der Waals surface area contributed by atoms with Gasteiger partial charge in [-0.05, 0) is 32.7 Å². The number of carbonyl (C=O) groups is 1. The summed E-state index contributed by atoms with van der Waals surface area (Å²) in [6.45, 7) is 0.464. The fraction of sp³-hybridized carbons (Fsp3) is 0.909. The number of likely N-dealkylation sites (tertiary alicyclic amines) is 1. The maximum absolute atomic E-state index is 13.5. The molecular weight excluding hydrogens is 211 g/mol. The molecule has 1 aliphatic heterocycles. The van der Waals surface area contributed by atoms with E-state index in [4.69, 9.17) is 0 Å². The van der Waals surface area contributed by atoms with Gasteiger partial charge < -0.3 is 15.3 Å². The number of carbonyl (C=O) groups excluding carboxylic acids is 1. The Kier molecular flexibility index (Phi) is 3.17. The largest absolute Gasteiger partial charge is 0.380 e. The number of nitrogens with zero attached hydrogens (tertiary/aromatic N) is 1. The van der Waals surface area contributed by atoms with Crippen LogP contribution in [0.1, 0.15) is 25.7 Å². The molecule has 4 nitrogen and oxygen atoms in total. The van der Waals surface area contributed by atoms with E-state index in [0.29, 0.717) is 19.4 Å². The van der Waals surface area contributed by atoms with Gasteiger partial charge in [0.25, 0.3) is 5.91 Å². The van der Waals surface area contributed by atoms with Crippen molar-refractivity contribution in [2.24, 2.45) is 0 Å². The summed E-state index contributed by atoms with van der Waals surface area (Å²) in [5.74, 6) is -0.287. The third-order valence-electron chi connectivity index (χ3n) is 3.74. The van der Waals surface area contributed by atoms with E-state index >= 15 is 0 Å². The maximum atomic E-state index is 13.5. The van der Waals surface area contributed by atoms with Gasteiger partial charge in [0.05, 0.1) is 12.6 Å². The van der Waals surface area contributed by atoms with Crippen molar-refractivity contribution < 1.29 is 14.3 Å². The van der Waals surface area contributed by atoms with Crippen LogP contribution in [0, 0.1) is 0 Å². The van der Waals surface area contributed by atoms with Crippen molar-refractivity contribution in [2.45, 2.75) is 43.5 Å². The number of hydrogen-bond donors (Lipinski definition) is 2. The molecule has 0 unspecified atom stereocenters. The average molecular weight is 230 g/mol. The smallest absolute Gasteiger partial charge is 0.254 e. The average Bonchev–Trinajstić information content (AvgIpc) is 2.84. The minimum Gasteiger partial charge on any atom is -0.380 e. The van der Waals surface area contributed by atoms with E-state index in [0.717, 1.165) is 12.8 Å². The van der Waals surface area contributed by atoms with E-state index in [9.17, 15) is 14.3 Å². The monoisotopic (exact) mass is 230 g/mol. The summed E-state index contributed by atoms with van der Waals surface area (Å²) in [6.07, 6.45) is 1.77. The van der Waals surface area contributed by atoms with Gasteiger partial charge in [-0.2, -0.15) is 0 Å². The third kappa shape index (κ3) is 1.94. The fourth-order valence-electron chi connectivity index (χ4n) is 2.67. The van der Waals surface area contributed by atoms with Gasteiger partial charge in [-0.15, -0.1) is 0 Å². The Hall–Kier alpha value is -0.680. The van der Waals surface area contributed by atoms with Crippen molar-refractivity contribution in [1.82, 2.24) is 10.2 Å². The number of amides is 1. The summed E-state index contributed by atoms with van der Waals surface area (Å²) in [6, 6.07) is -0.297. The lowest BCUT2D eigenvalue weighted by Crippen LogP contribution is -2.47. The maximum Gasteiger partial charge on any atom is 0.254 e. The van der Waals surface area contributed by atoms with Crippen molar-refractivity contribution in [2.75, 3.05) is 20.1 Å². The van der Waals surface area contributed by atoms with Crippen LogP contribution in [-0.4, -0.2) is 53.9 Å². The van der Waals surface area contributed by atoms with E-state index in [1.54, 1.807) is 7.05 Å². The number of rotatable bonds is 2. The third-order valence-corrected chi connectivity index (χ3v) is 3.74. The molecule has 2 rings (SSSR count). The summed E-state index contributed by atoms with van der Waals surface area (Å²) in [5.41, 5.74) is -1.22. The highest BCUT2D eigenvalue weighted by molar-refractivity contribution is 5.85. The van der Waals surface area contributed by atoms with E-state index in [-0.39, 0.29) is 18.5 Å². The second kappa shape index (κ2) is 4.30. The van der Waals surface area contributed by atoms with E-state index in [2.05, 4.69) is 5.32 Å². The molecule has 16 heavy (non-hydrogen) atoms. The SMILES string of the molecule is CN[C@@H]1CN(C(=O)C2(O)CCCC2)C[C@@H]1F. The molecule has 0 spiro atoms. The van der Waals surface area contributed by atoms with Crippen LogP contribution >= 0.6 is 0 Å². The summed E-state index contributed by atoms with van der Waals surface area (Å²) in [7, 11) is 1.69. The number of halogens is 1. The normalized spacial score (nSPS) is 33.3. The molecule has 1 saturated carbocycles. The molecule has 5 heteroatoms. The summed E-state index contributed by atoms with van der Waals surface area (Å²) in [4.78, 5) is 13.5. The van der Waals surface area contributed by atoms with Crippen molar-refractivity contribution in [1.29, 1.82) is 0 Å². The van der Waals surface area contributed by atoms with Gasteiger partial charge in [-0.25, -0.2) is 4.39 Å². The zero-order valence-corrected chi connectivity index (χ0v) is 9.58. The molecule has 1 saturated heterocycles. The highest BCUT2D eigenvalue weighted by Gasteiger charge is 2.45. The lowest BCUT2D eigenvalue weighted by Gasteiger charge is -2.27. The molecule has 0 aromatic heterocycles. The fourth-order valence-corrected chi connectivity index (χ4v) is 2.67. The standard InChI is InChI=1S/C11H19FN2O2/c1-13-9-7-14(6-8(9)12)10(15)11(16)4-2-3-5-11/h8-9,13,16H,2-7H2,1H3/t8-,9+/m0/s1. The van der Waals surface area contributed by atoms with Gasteiger partial charge in [0, 0.05) is 6.54 Å². The van der Waals surface area contributed by atoms with Gasteiger partial charge >= 0.3 is 0 Å². The Bertz CT molecular complexity index is 279. The topological polar surface area (TPSA) is 52.6 Å². The molecule has 2 N–H and O–H groups in total. The van der Waals surface area contributed by atoms with Crippen molar-refractivity contribution in [3.05, 3.63) is 0 Å². The van der Waals surface area contributed by atoms with Gasteiger partial charge in [0.1, 0.15) is 11.8 Å². The van der Waals surface area contributed by atoms with Crippen LogP contribution in [0.3, 0.4) is 0 Å². The molecule has 92 valence electrons. The van der Waals surface area contributed by atoms with E-state index in [1.165, 1.54) is 4.90 Å². The van der Waals surface area contributed by atoms with Crippen LogP contribution in [0.25, 0.3) is 0 Å². The number of nitrogens with one attached hydrogen (secondary N) is 1. The van der Waals surface area contributed by atoms with Crippen molar-refractivity contribution >= 4 is 5.91 Å². The molecule has 2 atom stereocenters.